The van der Waals surface area contributed by atoms with E-state index in [1.54, 1.807) is 35.2 Å². The Balaban J connectivity index is 1.46. The van der Waals surface area contributed by atoms with E-state index < -0.39 is 23.5 Å². The van der Waals surface area contributed by atoms with Gasteiger partial charge in [0.05, 0.1) is 15.6 Å². The summed E-state index contributed by atoms with van der Waals surface area (Å²) in [5.74, 6) is -1.87. The van der Waals surface area contributed by atoms with Crippen molar-refractivity contribution in [2.24, 2.45) is 0 Å². The Labute approximate surface area is 225 Å². The molecule has 1 aliphatic heterocycles. The molecule has 1 aliphatic rings. The van der Waals surface area contributed by atoms with Crippen molar-refractivity contribution < 1.29 is 19.5 Å². The van der Waals surface area contributed by atoms with Crippen LogP contribution in [0.15, 0.2) is 72.8 Å². The molecule has 9 heteroatoms. The minimum Gasteiger partial charge on any atom is -0.480 e. The Morgan fingerprint density at radius 2 is 1.54 bits per heavy atom. The van der Waals surface area contributed by atoms with Gasteiger partial charge >= 0.3 is 5.97 Å². The summed E-state index contributed by atoms with van der Waals surface area (Å²) in [6.45, 7) is 5.01. The standard InChI is InChI=1S/C28H27Cl2N3O4/c1-28(2)27(37)32(15-16-33(28)20-7-4-3-5-8-20)19-13-11-18(12-14-19)17-23(26(35)36)31-25(34)24-21(29)9-6-10-22(24)30/h3-14,23H,15-17H2,1-2H3,(H,31,34)(H,35,36)/t23-/m0/s1. The van der Waals surface area contributed by atoms with Crippen molar-refractivity contribution in [3.63, 3.8) is 0 Å². The number of hydrogen-bond acceptors (Lipinski definition) is 4. The SMILES string of the molecule is CC1(C)C(=O)N(c2ccc(C[C@H](NC(=O)c3c(Cl)cccc3Cl)C(=O)O)cc2)CCN1c1ccccc1. The van der Waals surface area contributed by atoms with Gasteiger partial charge < -0.3 is 20.2 Å². The maximum Gasteiger partial charge on any atom is 0.326 e. The number of para-hydroxylation sites is 1. The van der Waals surface area contributed by atoms with Crippen LogP contribution in [0.3, 0.4) is 0 Å². The van der Waals surface area contributed by atoms with Gasteiger partial charge in [-0.2, -0.15) is 0 Å². The van der Waals surface area contributed by atoms with Crippen LogP contribution in [0, 0.1) is 0 Å². The summed E-state index contributed by atoms with van der Waals surface area (Å²) in [5.41, 5.74) is 1.71. The summed E-state index contributed by atoms with van der Waals surface area (Å²) < 4.78 is 0. The average molecular weight is 540 g/mol. The molecule has 0 unspecified atom stereocenters. The summed E-state index contributed by atoms with van der Waals surface area (Å²) >= 11 is 12.2. The Hall–Kier alpha value is -3.55. The average Bonchev–Trinajstić information content (AvgIpc) is 2.86. The van der Waals surface area contributed by atoms with Gasteiger partial charge in [-0.1, -0.05) is 59.6 Å². The molecule has 4 rings (SSSR count). The first kappa shape index (κ1) is 26.5. The van der Waals surface area contributed by atoms with Crippen molar-refractivity contribution in [1.82, 2.24) is 5.32 Å². The van der Waals surface area contributed by atoms with E-state index in [0.717, 1.165) is 11.4 Å². The van der Waals surface area contributed by atoms with E-state index in [4.69, 9.17) is 23.2 Å². The van der Waals surface area contributed by atoms with E-state index in [1.165, 1.54) is 12.1 Å². The van der Waals surface area contributed by atoms with Gasteiger partial charge in [0.15, 0.2) is 0 Å². The molecule has 0 aliphatic carbocycles. The third-order valence-corrected chi connectivity index (χ3v) is 7.17. The van der Waals surface area contributed by atoms with Crippen LogP contribution in [-0.2, 0) is 16.0 Å². The quantitative estimate of drug-likeness (QED) is 0.438. The van der Waals surface area contributed by atoms with Gasteiger partial charge in [0.2, 0.25) is 0 Å². The van der Waals surface area contributed by atoms with Gasteiger partial charge in [0.25, 0.3) is 11.8 Å². The topological polar surface area (TPSA) is 90.0 Å². The highest BCUT2D eigenvalue weighted by Gasteiger charge is 2.42. The smallest absolute Gasteiger partial charge is 0.326 e. The number of nitrogens with zero attached hydrogens (tertiary/aromatic N) is 2. The molecule has 0 saturated carbocycles. The molecule has 1 fully saturated rings. The molecular weight excluding hydrogens is 513 g/mol. The van der Waals surface area contributed by atoms with Crippen molar-refractivity contribution in [3.05, 3.63) is 94.0 Å². The van der Waals surface area contributed by atoms with Crippen LogP contribution >= 0.6 is 23.2 Å². The largest absolute Gasteiger partial charge is 0.480 e. The number of anilines is 2. The number of piperazine rings is 1. The zero-order valence-electron chi connectivity index (χ0n) is 20.4. The van der Waals surface area contributed by atoms with Crippen LogP contribution in [0.4, 0.5) is 11.4 Å². The number of carboxylic acid groups (broad SMARTS) is 1. The first-order valence-electron chi connectivity index (χ1n) is 11.8. The number of aliphatic carboxylic acids is 1. The summed E-state index contributed by atoms with van der Waals surface area (Å²) in [4.78, 5) is 41.8. The second-order valence-corrected chi connectivity index (χ2v) is 10.1. The lowest BCUT2D eigenvalue weighted by Gasteiger charge is -2.47. The number of rotatable bonds is 7. The molecule has 37 heavy (non-hydrogen) atoms. The molecule has 3 aromatic rings. The third kappa shape index (κ3) is 5.58. The lowest BCUT2D eigenvalue weighted by atomic mass is 9.95. The van der Waals surface area contributed by atoms with Crippen LogP contribution < -0.4 is 15.1 Å². The fourth-order valence-corrected chi connectivity index (χ4v) is 5.09. The van der Waals surface area contributed by atoms with Gasteiger partial charge in [-0.05, 0) is 55.8 Å². The summed E-state index contributed by atoms with van der Waals surface area (Å²) in [7, 11) is 0. The van der Waals surface area contributed by atoms with Crippen LogP contribution in [0.25, 0.3) is 0 Å². The number of hydrogen-bond donors (Lipinski definition) is 2. The maximum absolute atomic E-state index is 13.4. The van der Waals surface area contributed by atoms with Crippen LogP contribution in [0.5, 0.6) is 0 Å². The normalized spacial score (nSPS) is 15.8. The van der Waals surface area contributed by atoms with Crippen molar-refractivity contribution in [1.29, 1.82) is 0 Å². The molecular formula is C28H27Cl2N3O4. The second-order valence-electron chi connectivity index (χ2n) is 9.33. The van der Waals surface area contributed by atoms with Gasteiger partial charge in [-0.25, -0.2) is 4.79 Å². The Kier molecular flexibility index (Phi) is 7.76. The lowest BCUT2D eigenvalue weighted by Crippen LogP contribution is -2.63. The molecule has 0 bridgehead atoms. The molecule has 3 aromatic carbocycles. The van der Waals surface area contributed by atoms with Crippen LogP contribution in [0.1, 0.15) is 29.8 Å². The van der Waals surface area contributed by atoms with E-state index in [0.29, 0.717) is 18.7 Å². The van der Waals surface area contributed by atoms with E-state index in [-0.39, 0.29) is 27.9 Å². The number of halogens is 2. The number of carbonyl (C=O) groups is 3. The number of carbonyl (C=O) groups excluding carboxylic acids is 2. The molecule has 1 heterocycles. The molecule has 2 amide bonds. The minimum absolute atomic E-state index is 0.0253. The number of benzene rings is 3. The van der Waals surface area contributed by atoms with Crippen molar-refractivity contribution >= 4 is 52.4 Å². The van der Waals surface area contributed by atoms with Gasteiger partial charge in [0.1, 0.15) is 11.6 Å². The molecule has 1 saturated heterocycles. The molecule has 0 radical (unpaired) electrons. The Morgan fingerprint density at radius 1 is 0.919 bits per heavy atom. The van der Waals surface area contributed by atoms with Crippen molar-refractivity contribution in [3.8, 4) is 0 Å². The maximum atomic E-state index is 13.4. The van der Waals surface area contributed by atoms with Crippen LogP contribution in [-0.4, -0.2) is 47.6 Å². The first-order chi connectivity index (χ1) is 17.6. The lowest BCUT2D eigenvalue weighted by molar-refractivity contribution is -0.139. The zero-order chi connectivity index (χ0) is 26.7. The highest BCUT2D eigenvalue weighted by Crippen LogP contribution is 2.31. The van der Waals surface area contributed by atoms with E-state index in [1.807, 2.05) is 44.2 Å². The number of nitrogens with one attached hydrogen (secondary N) is 1. The molecule has 0 aromatic heterocycles. The Morgan fingerprint density at radius 3 is 2.14 bits per heavy atom. The molecule has 0 spiro atoms. The molecule has 192 valence electrons. The fourth-order valence-electron chi connectivity index (χ4n) is 4.53. The fraction of sp³-hybridized carbons (Fsp3) is 0.250. The second kappa shape index (κ2) is 10.8. The Bertz CT molecular complexity index is 1290. The monoisotopic (exact) mass is 539 g/mol. The third-order valence-electron chi connectivity index (χ3n) is 6.54. The minimum atomic E-state index is -1.19. The predicted octanol–water partition coefficient (Wildman–Crippen LogP) is 5.05. The van der Waals surface area contributed by atoms with E-state index >= 15 is 0 Å². The highest BCUT2D eigenvalue weighted by atomic mass is 35.5. The van der Waals surface area contributed by atoms with Gasteiger partial charge in [0, 0.05) is 30.9 Å². The highest BCUT2D eigenvalue weighted by molar-refractivity contribution is 6.39. The van der Waals surface area contributed by atoms with Crippen LogP contribution in [0.2, 0.25) is 10.0 Å². The zero-order valence-corrected chi connectivity index (χ0v) is 22.0. The molecule has 2 N–H and O–H groups in total. The first-order valence-corrected chi connectivity index (χ1v) is 12.6. The molecule has 7 nitrogen and oxygen atoms in total. The molecule has 1 atom stereocenters. The number of amides is 2. The van der Waals surface area contributed by atoms with E-state index in [2.05, 4.69) is 10.2 Å². The van der Waals surface area contributed by atoms with Gasteiger partial charge in [-0.15, -0.1) is 0 Å². The van der Waals surface area contributed by atoms with E-state index in [9.17, 15) is 19.5 Å². The summed E-state index contributed by atoms with van der Waals surface area (Å²) in [6, 6.07) is 20.4. The van der Waals surface area contributed by atoms with Crippen molar-refractivity contribution in [2.45, 2.75) is 31.8 Å². The summed E-state index contributed by atoms with van der Waals surface area (Å²) in [6.07, 6.45) is 0.0463. The van der Waals surface area contributed by atoms with Gasteiger partial charge in [-0.3, -0.25) is 9.59 Å². The predicted molar refractivity (Wildman–Crippen MR) is 146 cm³/mol. The van der Waals surface area contributed by atoms with Crippen molar-refractivity contribution in [2.75, 3.05) is 22.9 Å². The summed E-state index contributed by atoms with van der Waals surface area (Å²) in [5, 5.41) is 12.5. The number of carboxylic acids is 1.